The number of ether oxygens (including phenoxy) is 3. The van der Waals surface area contributed by atoms with Gasteiger partial charge in [0.15, 0.2) is 23.6 Å². The van der Waals surface area contributed by atoms with Crippen molar-refractivity contribution >= 4 is 33.1 Å². The summed E-state index contributed by atoms with van der Waals surface area (Å²) in [7, 11) is -10.6. The zero-order valence-electron chi connectivity index (χ0n) is 31.1. The molecule has 54 heavy (non-hydrogen) atoms. The first-order valence-electron chi connectivity index (χ1n) is 19.0. The van der Waals surface area contributed by atoms with Gasteiger partial charge >= 0.3 is 15.6 Å². The molecule has 300 valence electrons. The quantitative estimate of drug-likeness (QED) is 0.101. The summed E-state index contributed by atoms with van der Waals surface area (Å²) in [5.41, 5.74) is -0.916. The number of rotatable bonds is 15. The Morgan fingerprint density at radius 2 is 1.87 bits per heavy atom. The molecule has 1 heterocycles. The first kappa shape index (κ1) is 41.6. The molecule has 4 fully saturated rings. The fourth-order valence-electron chi connectivity index (χ4n) is 10.2. The highest BCUT2D eigenvalue weighted by Gasteiger charge is 2.74. The van der Waals surface area contributed by atoms with Crippen LogP contribution in [0.2, 0.25) is 0 Å². The Morgan fingerprint density at radius 1 is 1.09 bits per heavy atom. The van der Waals surface area contributed by atoms with Crippen LogP contribution in [0.3, 0.4) is 0 Å². The molecule has 3 saturated carbocycles. The minimum Gasteiger partial charge on any atom is -0.389 e. The summed E-state index contributed by atoms with van der Waals surface area (Å²) < 4.78 is 60.4. The molecule has 15 nitrogen and oxygen atoms in total. The van der Waals surface area contributed by atoms with Crippen LogP contribution in [0.15, 0.2) is 23.8 Å². The standard InChI is InChI=1S/C37H53NO14P2/c1-4-10-32-49-37(50-32)20-28-27-14-13-24-19-25(40)15-16-35(24,2)33(27)30(21-36(28,3)34(37)29(41)22-39)51-54(45,46)52-53(43,44)48-18-17-38-31(42)23-47-26-11-8-6-5-7-9-12-26/h15-16,19,26-28,30,32-34,39H,4-8,10-11,13-14,17-18,20-23H2,1-3H3,(H,38,42)(H,43,44)(H,45,46)/t26?,27-,28-,30-,32?,33+,34?,35-,36-,37?/m0/s1. The summed E-state index contributed by atoms with van der Waals surface area (Å²) in [6.45, 7) is 4.01. The molecule has 1 saturated heterocycles. The summed E-state index contributed by atoms with van der Waals surface area (Å²) in [5, 5.41) is 12.6. The van der Waals surface area contributed by atoms with E-state index in [-0.39, 0.29) is 43.3 Å². The first-order valence-corrected chi connectivity index (χ1v) is 22.0. The van der Waals surface area contributed by atoms with Crippen molar-refractivity contribution in [2.24, 2.45) is 34.5 Å². The van der Waals surface area contributed by atoms with E-state index >= 15 is 0 Å². The second kappa shape index (κ2) is 16.4. The van der Waals surface area contributed by atoms with Gasteiger partial charge in [-0.15, -0.1) is 5.92 Å². The van der Waals surface area contributed by atoms with Crippen LogP contribution in [0.4, 0.5) is 0 Å². The van der Waals surface area contributed by atoms with Gasteiger partial charge in [-0.05, 0) is 74.3 Å². The van der Waals surface area contributed by atoms with Crippen LogP contribution in [-0.4, -0.2) is 83.0 Å². The summed E-state index contributed by atoms with van der Waals surface area (Å²) in [5.74, 6) is 1.71. The Hall–Kier alpha value is -2.05. The van der Waals surface area contributed by atoms with Gasteiger partial charge in [-0.1, -0.05) is 51.2 Å². The van der Waals surface area contributed by atoms with E-state index in [0.717, 1.165) is 44.1 Å². The largest absolute Gasteiger partial charge is 0.481 e. The molecule has 6 rings (SSSR count). The van der Waals surface area contributed by atoms with Crippen molar-refractivity contribution in [2.45, 2.75) is 116 Å². The highest BCUT2D eigenvalue weighted by molar-refractivity contribution is 7.61. The molecule has 1 amide bonds. The fourth-order valence-corrected chi connectivity index (χ4v) is 12.4. The van der Waals surface area contributed by atoms with Gasteiger partial charge in [-0.25, -0.2) is 9.13 Å². The molecule has 4 N–H and O–H groups in total. The van der Waals surface area contributed by atoms with Crippen LogP contribution in [0.1, 0.15) is 91.4 Å². The number of amides is 1. The Bertz CT molecular complexity index is 1680. The molecule has 5 aliphatic carbocycles. The summed E-state index contributed by atoms with van der Waals surface area (Å²) in [6, 6.07) is 0. The van der Waals surface area contributed by atoms with E-state index in [0.29, 0.717) is 25.7 Å². The molecule has 0 bridgehead atoms. The van der Waals surface area contributed by atoms with Crippen molar-refractivity contribution in [2.75, 3.05) is 26.4 Å². The van der Waals surface area contributed by atoms with Crippen molar-refractivity contribution in [3.63, 3.8) is 0 Å². The third-order valence-corrected chi connectivity index (χ3v) is 15.0. The van der Waals surface area contributed by atoms with Crippen LogP contribution in [0.25, 0.3) is 0 Å². The van der Waals surface area contributed by atoms with E-state index in [1.54, 1.807) is 12.2 Å². The lowest BCUT2D eigenvalue weighted by Gasteiger charge is -2.59. The Morgan fingerprint density at radius 3 is 2.61 bits per heavy atom. The lowest BCUT2D eigenvalue weighted by Crippen LogP contribution is -2.61. The molecule has 17 heteroatoms. The van der Waals surface area contributed by atoms with Crippen molar-refractivity contribution in [3.8, 4) is 11.8 Å². The molecule has 0 aromatic heterocycles. The van der Waals surface area contributed by atoms with Gasteiger partial charge in [0.2, 0.25) is 5.91 Å². The van der Waals surface area contributed by atoms with E-state index in [1.165, 1.54) is 6.08 Å². The number of phosphoric acid groups is 2. The third-order valence-electron chi connectivity index (χ3n) is 12.3. The van der Waals surface area contributed by atoms with Crippen LogP contribution in [-0.2, 0) is 51.1 Å². The van der Waals surface area contributed by atoms with Crippen molar-refractivity contribution in [1.82, 2.24) is 5.32 Å². The third kappa shape index (κ3) is 8.60. The fraction of sp³-hybridized carbons (Fsp3) is 0.757. The maximum absolute atomic E-state index is 13.6. The average molecular weight is 798 g/mol. The van der Waals surface area contributed by atoms with Crippen LogP contribution < -0.4 is 5.32 Å². The zero-order chi connectivity index (χ0) is 38.9. The van der Waals surface area contributed by atoms with Crippen molar-refractivity contribution < 1.29 is 66.0 Å². The SMILES string of the molecule is CCCC1OC2(C[C@H]3[C@@H]4CCC5=CC(=O)C=C[C@]5(C)[C@H]4[C@@H](OP(=O)(O)OP(=O)(O)OCCNC(=O)COC4C#CCCCCC4)C[C@]3(C)C2C(=O)CO)O1. The van der Waals surface area contributed by atoms with Crippen molar-refractivity contribution in [3.05, 3.63) is 23.8 Å². The number of hydrogen-bond acceptors (Lipinski definition) is 12. The molecule has 4 unspecified atom stereocenters. The molecular formula is C37H53NO14P2. The minimum atomic E-state index is -5.36. The first-order chi connectivity index (χ1) is 25.5. The van der Waals surface area contributed by atoms with Gasteiger partial charge in [0.25, 0.3) is 0 Å². The topological polar surface area (TPSA) is 213 Å². The molecule has 6 aliphatic rings. The molecule has 10 atom stereocenters. The number of phosphoric ester groups is 2. The molecule has 0 radical (unpaired) electrons. The average Bonchev–Trinajstić information content (AvgIpc) is 3.34. The van der Waals surface area contributed by atoms with E-state index in [9.17, 15) is 38.4 Å². The second-order valence-electron chi connectivity index (χ2n) is 15.8. The van der Waals surface area contributed by atoms with Gasteiger partial charge in [-0.2, -0.15) is 4.31 Å². The highest BCUT2D eigenvalue weighted by atomic mass is 31.3. The molecule has 0 aromatic rings. The Balaban J connectivity index is 1.15. The number of allylic oxidation sites excluding steroid dienone is 4. The minimum absolute atomic E-state index is 0.0118. The Labute approximate surface area is 316 Å². The van der Waals surface area contributed by atoms with Crippen LogP contribution in [0, 0.1) is 46.3 Å². The monoisotopic (exact) mass is 797 g/mol. The number of nitrogens with one attached hydrogen (secondary N) is 1. The smallest absolute Gasteiger partial charge is 0.389 e. The number of carbonyl (C=O) groups excluding carboxylic acids is 3. The maximum Gasteiger partial charge on any atom is 0.481 e. The lowest BCUT2D eigenvalue weighted by atomic mass is 9.46. The molecule has 0 aromatic carbocycles. The van der Waals surface area contributed by atoms with E-state index in [4.69, 9.17) is 27.6 Å². The van der Waals surface area contributed by atoms with Crippen molar-refractivity contribution in [1.29, 1.82) is 0 Å². The normalized spacial score (nSPS) is 39.2. The van der Waals surface area contributed by atoms with Gasteiger partial charge in [0.1, 0.15) is 19.3 Å². The molecule has 1 aliphatic heterocycles. The predicted molar refractivity (Wildman–Crippen MR) is 192 cm³/mol. The summed E-state index contributed by atoms with van der Waals surface area (Å²) in [6.07, 6.45) is 10.3. The van der Waals surface area contributed by atoms with Gasteiger partial charge < -0.3 is 34.4 Å². The second-order valence-corrected chi connectivity index (χ2v) is 18.8. The van der Waals surface area contributed by atoms with Crippen LogP contribution >= 0.6 is 15.6 Å². The summed E-state index contributed by atoms with van der Waals surface area (Å²) >= 11 is 0. The number of aliphatic hydroxyl groups is 1. The number of hydrogen-bond donors (Lipinski definition) is 4. The number of carbonyl (C=O) groups is 3. The predicted octanol–water partition coefficient (Wildman–Crippen LogP) is 4.65. The Kier molecular flexibility index (Phi) is 12.7. The lowest BCUT2D eigenvalue weighted by molar-refractivity contribution is -0.462. The zero-order valence-corrected chi connectivity index (χ0v) is 32.9. The van der Waals surface area contributed by atoms with Gasteiger partial charge in [0, 0.05) is 30.7 Å². The van der Waals surface area contributed by atoms with E-state index in [2.05, 4.69) is 17.2 Å². The van der Waals surface area contributed by atoms with E-state index in [1.807, 2.05) is 20.8 Å². The summed E-state index contributed by atoms with van der Waals surface area (Å²) in [4.78, 5) is 59.8. The van der Waals surface area contributed by atoms with Gasteiger partial charge in [-0.3, -0.25) is 23.4 Å². The number of fused-ring (bicyclic) bond motifs is 5. The van der Waals surface area contributed by atoms with Gasteiger partial charge in [0.05, 0.1) is 18.6 Å². The highest BCUT2D eigenvalue weighted by Crippen LogP contribution is 2.72. The number of Topliss-reactive ketones (excluding diaryl/α,β-unsaturated/α-hetero) is 1. The van der Waals surface area contributed by atoms with Crippen LogP contribution in [0.5, 0.6) is 0 Å². The maximum atomic E-state index is 13.6. The molecule has 1 spiro atoms. The molecular weight excluding hydrogens is 744 g/mol. The van der Waals surface area contributed by atoms with E-state index < -0.39 is 81.4 Å². The number of ketones is 2. The number of aliphatic hydroxyl groups excluding tert-OH is 1.